The number of rotatable bonds is 8. The highest BCUT2D eigenvalue weighted by Gasteiger charge is 2.25. The zero-order valence-electron chi connectivity index (χ0n) is 18.5. The number of benzene rings is 1. The van der Waals surface area contributed by atoms with E-state index in [0.717, 1.165) is 52.3 Å². The van der Waals surface area contributed by atoms with E-state index in [2.05, 4.69) is 73.0 Å². The standard InChI is InChI=1S/C25H26N6OS/c1-32-17-31-21-13-19(7-9-22(21)33-25-24(31)26-11-12-27-25)15-28-20-8-10-23(30-16-20)29-14-18-5-3-2-4-6-18/h2-3,5,7-13,16,28H,4,6,14-15,17H2,1H3,(H,29,30). The van der Waals surface area contributed by atoms with Crippen molar-refractivity contribution in [3.05, 3.63) is 78.3 Å². The Morgan fingerprint density at radius 1 is 1.06 bits per heavy atom. The van der Waals surface area contributed by atoms with Crippen molar-refractivity contribution in [1.29, 1.82) is 0 Å². The number of nitrogens with zero attached hydrogens (tertiary/aromatic N) is 4. The molecule has 33 heavy (non-hydrogen) atoms. The van der Waals surface area contributed by atoms with Crippen LogP contribution in [0.1, 0.15) is 18.4 Å². The van der Waals surface area contributed by atoms with Crippen LogP contribution in [0, 0.1) is 0 Å². The SMILES string of the molecule is COCN1c2cc(CNc3ccc(NCC4=CC=CCC4)nc3)ccc2Sc2nccnc21. The van der Waals surface area contributed by atoms with Crippen LogP contribution in [0.15, 0.2) is 82.6 Å². The summed E-state index contributed by atoms with van der Waals surface area (Å²) in [6, 6.07) is 10.5. The van der Waals surface area contributed by atoms with Crippen molar-refractivity contribution in [1.82, 2.24) is 15.0 Å². The number of pyridine rings is 1. The van der Waals surface area contributed by atoms with Crippen LogP contribution in [0.2, 0.25) is 0 Å². The summed E-state index contributed by atoms with van der Waals surface area (Å²) in [5.74, 6) is 1.71. The summed E-state index contributed by atoms with van der Waals surface area (Å²) < 4.78 is 5.45. The van der Waals surface area contributed by atoms with Crippen molar-refractivity contribution in [3.63, 3.8) is 0 Å². The molecule has 2 N–H and O–H groups in total. The summed E-state index contributed by atoms with van der Waals surface area (Å²) in [7, 11) is 1.69. The molecule has 0 amide bonds. The number of hydrogen-bond acceptors (Lipinski definition) is 8. The van der Waals surface area contributed by atoms with Gasteiger partial charge in [0.2, 0.25) is 0 Å². The van der Waals surface area contributed by atoms with Crippen molar-refractivity contribution in [2.45, 2.75) is 29.3 Å². The lowest BCUT2D eigenvalue weighted by Gasteiger charge is -2.30. The molecule has 5 rings (SSSR count). The highest BCUT2D eigenvalue weighted by atomic mass is 32.2. The summed E-state index contributed by atoms with van der Waals surface area (Å²) in [6.07, 6.45) is 14.0. The van der Waals surface area contributed by atoms with Crippen LogP contribution in [-0.2, 0) is 11.3 Å². The molecule has 1 aromatic carbocycles. The molecule has 2 aliphatic rings. The fourth-order valence-electron chi connectivity index (χ4n) is 3.83. The van der Waals surface area contributed by atoms with Gasteiger partial charge in [0.25, 0.3) is 0 Å². The first kappa shape index (κ1) is 21.5. The second-order valence-corrected chi connectivity index (χ2v) is 8.90. The first-order valence-corrected chi connectivity index (χ1v) is 11.8. The Kier molecular flexibility index (Phi) is 6.55. The Morgan fingerprint density at radius 2 is 2.00 bits per heavy atom. The molecule has 3 heterocycles. The van der Waals surface area contributed by atoms with Crippen molar-refractivity contribution in [2.75, 3.05) is 35.9 Å². The van der Waals surface area contributed by atoms with E-state index in [0.29, 0.717) is 13.3 Å². The number of ether oxygens (including phenoxy) is 1. The molecular formula is C25H26N6OS. The molecule has 168 valence electrons. The van der Waals surface area contributed by atoms with E-state index in [1.54, 1.807) is 31.3 Å². The van der Waals surface area contributed by atoms with Crippen molar-refractivity contribution in [3.8, 4) is 0 Å². The minimum absolute atomic E-state index is 0.418. The molecule has 1 aliphatic heterocycles. The summed E-state index contributed by atoms with van der Waals surface area (Å²) in [4.78, 5) is 16.7. The Balaban J connectivity index is 1.23. The van der Waals surface area contributed by atoms with E-state index in [1.165, 1.54) is 11.1 Å². The normalized spacial score (nSPS) is 14.3. The third kappa shape index (κ3) is 5.02. The van der Waals surface area contributed by atoms with Crippen LogP contribution in [-0.4, -0.2) is 35.3 Å². The monoisotopic (exact) mass is 458 g/mol. The third-order valence-corrected chi connectivity index (χ3v) is 6.58. The number of fused-ring (bicyclic) bond motifs is 2. The molecule has 0 unspecified atom stereocenters. The van der Waals surface area contributed by atoms with Gasteiger partial charge in [-0.15, -0.1) is 0 Å². The van der Waals surface area contributed by atoms with Gasteiger partial charge in [0, 0.05) is 37.5 Å². The zero-order chi connectivity index (χ0) is 22.5. The van der Waals surface area contributed by atoms with Crippen LogP contribution in [0.25, 0.3) is 0 Å². The van der Waals surface area contributed by atoms with Gasteiger partial charge in [-0.25, -0.2) is 15.0 Å². The number of aromatic nitrogens is 3. The van der Waals surface area contributed by atoms with Crippen LogP contribution >= 0.6 is 11.8 Å². The summed E-state index contributed by atoms with van der Waals surface area (Å²) in [5, 5.41) is 7.77. The molecule has 0 fully saturated rings. The van der Waals surface area contributed by atoms with Gasteiger partial charge in [-0.1, -0.05) is 41.6 Å². The Morgan fingerprint density at radius 3 is 2.82 bits per heavy atom. The highest BCUT2D eigenvalue weighted by molar-refractivity contribution is 7.99. The molecule has 2 aromatic heterocycles. The number of anilines is 4. The van der Waals surface area contributed by atoms with Crippen LogP contribution in [0.5, 0.6) is 0 Å². The molecule has 0 atom stereocenters. The number of methoxy groups -OCH3 is 1. The Bertz CT molecular complexity index is 1180. The maximum Gasteiger partial charge on any atom is 0.168 e. The average molecular weight is 459 g/mol. The van der Waals surface area contributed by atoms with Gasteiger partial charge in [0.05, 0.1) is 17.6 Å². The lowest BCUT2D eigenvalue weighted by molar-refractivity contribution is 0.204. The molecule has 0 spiro atoms. The topological polar surface area (TPSA) is 75.2 Å². The van der Waals surface area contributed by atoms with Crippen LogP contribution in [0.3, 0.4) is 0 Å². The summed E-state index contributed by atoms with van der Waals surface area (Å²) in [6.45, 7) is 1.95. The Labute approximate surface area is 198 Å². The van der Waals surface area contributed by atoms with Crippen molar-refractivity contribution >= 4 is 34.8 Å². The van der Waals surface area contributed by atoms with E-state index in [4.69, 9.17) is 4.74 Å². The fourth-order valence-corrected chi connectivity index (χ4v) is 4.82. The van der Waals surface area contributed by atoms with Gasteiger partial charge in [-0.3, -0.25) is 4.90 Å². The molecule has 3 aromatic rings. The van der Waals surface area contributed by atoms with Gasteiger partial charge in [0.15, 0.2) is 5.82 Å². The second kappa shape index (κ2) is 10.1. The lowest BCUT2D eigenvalue weighted by atomic mass is 10.1. The van der Waals surface area contributed by atoms with Crippen LogP contribution < -0.4 is 15.5 Å². The van der Waals surface area contributed by atoms with Gasteiger partial charge in [-0.05, 0) is 42.7 Å². The van der Waals surface area contributed by atoms with Gasteiger partial charge >= 0.3 is 0 Å². The van der Waals surface area contributed by atoms with Gasteiger partial charge in [0.1, 0.15) is 17.6 Å². The van der Waals surface area contributed by atoms with Crippen molar-refractivity contribution in [2.24, 2.45) is 0 Å². The minimum atomic E-state index is 0.418. The quantitative estimate of drug-likeness (QED) is 0.466. The molecule has 1 aliphatic carbocycles. The molecular weight excluding hydrogens is 432 g/mol. The molecule has 8 heteroatoms. The van der Waals surface area contributed by atoms with E-state index < -0.39 is 0 Å². The third-order valence-electron chi connectivity index (χ3n) is 5.54. The summed E-state index contributed by atoms with van der Waals surface area (Å²) >= 11 is 1.64. The first-order valence-electron chi connectivity index (χ1n) is 11.0. The molecule has 0 radical (unpaired) electrons. The molecule has 0 bridgehead atoms. The van der Waals surface area contributed by atoms with E-state index in [9.17, 15) is 0 Å². The van der Waals surface area contributed by atoms with E-state index in [-0.39, 0.29) is 0 Å². The predicted molar refractivity (Wildman–Crippen MR) is 133 cm³/mol. The fraction of sp³-hybridized carbons (Fsp3) is 0.240. The number of nitrogens with one attached hydrogen (secondary N) is 2. The maximum atomic E-state index is 5.45. The Hall–Kier alpha value is -3.36. The maximum absolute atomic E-state index is 5.45. The zero-order valence-corrected chi connectivity index (χ0v) is 19.3. The van der Waals surface area contributed by atoms with E-state index in [1.807, 2.05) is 12.3 Å². The average Bonchev–Trinajstić information content (AvgIpc) is 2.87. The van der Waals surface area contributed by atoms with Gasteiger partial charge in [-0.2, -0.15) is 0 Å². The molecule has 0 saturated carbocycles. The van der Waals surface area contributed by atoms with Crippen molar-refractivity contribution < 1.29 is 4.74 Å². The minimum Gasteiger partial charge on any atom is -0.380 e. The largest absolute Gasteiger partial charge is 0.380 e. The number of hydrogen-bond donors (Lipinski definition) is 2. The first-order chi connectivity index (χ1) is 16.3. The molecule has 7 nitrogen and oxygen atoms in total. The lowest BCUT2D eigenvalue weighted by Crippen LogP contribution is -2.24. The number of allylic oxidation sites excluding steroid dienone is 3. The summed E-state index contributed by atoms with van der Waals surface area (Å²) in [5.41, 5.74) is 4.64. The van der Waals surface area contributed by atoms with Gasteiger partial charge < -0.3 is 15.4 Å². The predicted octanol–water partition coefficient (Wildman–Crippen LogP) is 5.38. The highest BCUT2D eigenvalue weighted by Crippen LogP contribution is 2.46. The van der Waals surface area contributed by atoms with Crippen LogP contribution in [0.4, 0.5) is 23.0 Å². The smallest absolute Gasteiger partial charge is 0.168 e. The molecule has 0 saturated heterocycles. The second-order valence-electron chi connectivity index (χ2n) is 7.87. The van der Waals surface area contributed by atoms with E-state index >= 15 is 0 Å².